The van der Waals surface area contributed by atoms with Gasteiger partial charge in [0.05, 0.1) is 0 Å². The summed E-state index contributed by atoms with van der Waals surface area (Å²) in [7, 11) is 0. The number of aryl methyl sites for hydroxylation is 1. The van der Waals surface area contributed by atoms with Crippen LogP contribution in [0.4, 0.5) is 17.6 Å². The van der Waals surface area contributed by atoms with Gasteiger partial charge >= 0.3 is 0 Å². The molecular weight excluding hydrogens is 416 g/mol. The topological polar surface area (TPSA) is 9.23 Å². The Balaban J connectivity index is 1.45. The summed E-state index contributed by atoms with van der Waals surface area (Å²) in [5.41, 5.74) is 2.63. The van der Waals surface area contributed by atoms with Gasteiger partial charge in [0.15, 0.2) is 11.6 Å². The predicted molar refractivity (Wildman–Crippen MR) is 118 cm³/mol. The zero-order valence-electron chi connectivity index (χ0n) is 17.6. The van der Waals surface area contributed by atoms with Gasteiger partial charge in [0.1, 0.15) is 24.0 Å². The van der Waals surface area contributed by atoms with E-state index in [0.717, 1.165) is 25.0 Å². The molecule has 0 radical (unpaired) electrons. The van der Waals surface area contributed by atoms with Crippen molar-refractivity contribution in [1.29, 1.82) is 0 Å². The third-order valence-corrected chi connectivity index (χ3v) is 5.48. The Bertz CT molecular complexity index is 1170. The highest BCUT2D eigenvalue weighted by Gasteiger charge is 2.22. The highest BCUT2D eigenvalue weighted by Crippen LogP contribution is 2.35. The van der Waals surface area contributed by atoms with Crippen LogP contribution in [-0.4, -0.2) is 0 Å². The lowest BCUT2D eigenvalue weighted by Gasteiger charge is -2.11. The van der Waals surface area contributed by atoms with E-state index in [-0.39, 0.29) is 18.6 Å². The number of allylic oxidation sites excluding steroid dienone is 3. The first-order valence-electron chi connectivity index (χ1n) is 10.4. The van der Waals surface area contributed by atoms with Gasteiger partial charge in [0.25, 0.3) is 0 Å². The van der Waals surface area contributed by atoms with Gasteiger partial charge in [-0.05, 0) is 90.4 Å². The second kappa shape index (κ2) is 9.43. The largest absolute Gasteiger partial charge is 0.489 e. The second-order valence-corrected chi connectivity index (χ2v) is 7.79. The van der Waals surface area contributed by atoms with Crippen molar-refractivity contribution in [2.45, 2.75) is 32.8 Å². The highest BCUT2D eigenvalue weighted by molar-refractivity contribution is 5.89. The van der Waals surface area contributed by atoms with E-state index in [2.05, 4.69) is 6.08 Å². The quantitative estimate of drug-likeness (QED) is 0.275. The van der Waals surface area contributed by atoms with Crippen molar-refractivity contribution in [3.63, 3.8) is 0 Å². The molecule has 0 bridgehead atoms. The van der Waals surface area contributed by atoms with Crippen molar-refractivity contribution in [2.75, 3.05) is 0 Å². The van der Waals surface area contributed by atoms with Crippen molar-refractivity contribution < 1.29 is 22.3 Å². The van der Waals surface area contributed by atoms with Crippen LogP contribution in [-0.2, 0) is 19.4 Å². The van der Waals surface area contributed by atoms with Gasteiger partial charge in [-0.3, -0.25) is 0 Å². The van der Waals surface area contributed by atoms with Gasteiger partial charge < -0.3 is 4.74 Å². The van der Waals surface area contributed by atoms with Gasteiger partial charge in [-0.25, -0.2) is 17.6 Å². The molecule has 3 aromatic carbocycles. The molecule has 0 aromatic heterocycles. The minimum Gasteiger partial charge on any atom is -0.489 e. The molecule has 3 aromatic rings. The van der Waals surface area contributed by atoms with E-state index in [1.807, 2.05) is 37.3 Å². The highest BCUT2D eigenvalue weighted by atomic mass is 19.2. The van der Waals surface area contributed by atoms with Crippen molar-refractivity contribution in [3.05, 3.63) is 112 Å². The molecule has 1 aliphatic rings. The van der Waals surface area contributed by atoms with Crippen molar-refractivity contribution in [2.24, 2.45) is 0 Å². The number of ether oxygens (including phenoxy) is 1. The molecule has 0 heterocycles. The Kier molecular flexibility index (Phi) is 6.45. The molecule has 0 saturated carbocycles. The van der Waals surface area contributed by atoms with Crippen molar-refractivity contribution in [1.82, 2.24) is 0 Å². The van der Waals surface area contributed by atoms with E-state index >= 15 is 0 Å². The average Bonchev–Trinajstić information content (AvgIpc) is 3.15. The summed E-state index contributed by atoms with van der Waals surface area (Å²) in [5, 5.41) is 0. The summed E-state index contributed by atoms with van der Waals surface area (Å²) in [5.74, 6) is -2.81. The number of benzene rings is 3. The molecule has 4 rings (SSSR count). The van der Waals surface area contributed by atoms with E-state index in [1.54, 1.807) is 0 Å². The van der Waals surface area contributed by atoms with Crippen LogP contribution in [0.15, 0.2) is 60.7 Å². The van der Waals surface area contributed by atoms with Crippen LogP contribution in [0.1, 0.15) is 41.2 Å². The fraction of sp³-hybridized carbons (Fsp3) is 0.185. The Morgan fingerprint density at radius 1 is 0.844 bits per heavy atom. The Morgan fingerprint density at radius 2 is 1.53 bits per heavy atom. The molecule has 5 heteroatoms. The van der Waals surface area contributed by atoms with Crippen LogP contribution < -0.4 is 4.74 Å². The third kappa shape index (κ3) is 4.77. The van der Waals surface area contributed by atoms with Crippen LogP contribution >= 0.6 is 0 Å². The standard InChI is InChI=1S/C27H22F4O/c1-2-3-4-5-17-6-8-22(9-7-17)32-16-18-10-25(30)27(26(31)11-18)21-12-19-14-23(28)24(29)15-20(19)13-21/h2-3,6-12,14-15H,4-5,13,16H2,1H3/b3-2+. The zero-order valence-corrected chi connectivity index (χ0v) is 17.6. The monoisotopic (exact) mass is 438 g/mol. The molecule has 0 N–H and O–H groups in total. The maximum atomic E-state index is 14.8. The Labute approximate surface area is 184 Å². The lowest BCUT2D eigenvalue weighted by Crippen LogP contribution is -2.02. The van der Waals surface area contributed by atoms with Gasteiger partial charge in [-0.2, -0.15) is 0 Å². The maximum absolute atomic E-state index is 14.8. The minimum atomic E-state index is -0.986. The maximum Gasteiger partial charge on any atom is 0.159 e. The van der Waals surface area contributed by atoms with E-state index in [9.17, 15) is 17.6 Å². The summed E-state index contributed by atoms with van der Waals surface area (Å²) < 4.78 is 62.2. The summed E-state index contributed by atoms with van der Waals surface area (Å²) in [6.07, 6.45) is 7.65. The van der Waals surface area contributed by atoms with Gasteiger partial charge in [0, 0.05) is 5.56 Å². The molecule has 1 nitrogen and oxygen atoms in total. The Hall–Kier alpha value is -3.34. The van der Waals surface area contributed by atoms with Gasteiger partial charge in [-0.15, -0.1) is 0 Å². The van der Waals surface area contributed by atoms with Crippen LogP contribution in [0, 0.1) is 23.3 Å². The molecule has 0 spiro atoms. The van der Waals surface area contributed by atoms with Crippen molar-refractivity contribution in [3.8, 4) is 5.75 Å². The number of fused-ring (bicyclic) bond motifs is 1. The minimum absolute atomic E-state index is 0.0156. The molecule has 0 atom stereocenters. The number of hydrogen-bond donors (Lipinski definition) is 0. The zero-order chi connectivity index (χ0) is 22.7. The molecule has 0 unspecified atom stereocenters. The van der Waals surface area contributed by atoms with E-state index in [1.165, 1.54) is 23.8 Å². The fourth-order valence-corrected chi connectivity index (χ4v) is 3.85. The summed E-state index contributed by atoms with van der Waals surface area (Å²) in [4.78, 5) is 0. The molecular formula is C27H22F4O. The third-order valence-electron chi connectivity index (χ3n) is 5.48. The lowest BCUT2D eigenvalue weighted by atomic mass is 10.0. The molecule has 32 heavy (non-hydrogen) atoms. The average molecular weight is 438 g/mol. The van der Waals surface area contributed by atoms with Crippen LogP contribution in [0.5, 0.6) is 5.75 Å². The summed E-state index contributed by atoms with van der Waals surface area (Å²) >= 11 is 0. The second-order valence-electron chi connectivity index (χ2n) is 7.79. The summed E-state index contributed by atoms with van der Waals surface area (Å²) in [6.45, 7) is 2.00. The first-order chi connectivity index (χ1) is 15.4. The smallest absolute Gasteiger partial charge is 0.159 e. The molecule has 0 saturated heterocycles. The number of hydrogen-bond acceptors (Lipinski definition) is 1. The number of halogens is 4. The van der Waals surface area contributed by atoms with Crippen molar-refractivity contribution >= 4 is 11.6 Å². The van der Waals surface area contributed by atoms with Crippen LogP contribution in [0.2, 0.25) is 0 Å². The number of rotatable bonds is 7. The fourth-order valence-electron chi connectivity index (χ4n) is 3.85. The summed E-state index contributed by atoms with van der Waals surface area (Å²) in [6, 6.07) is 12.2. The lowest BCUT2D eigenvalue weighted by molar-refractivity contribution is 0.304. The van der Waals surface area contributed by atoms with Gasteiger partial charge in [-0.1, -0.05) is 30.4 Å². The molecule has 1 aliphatic carbocycles. The molecule has 0 aliphatic heterocycles. The van der Waals surface area contributed by atoms with E-state index < -0.39 is 23.3 Å². The van der Waals surface area contributed by atoms with Crippen LogP contribution in [0.3, 0.4) is 0 Å². The van der Waals surface area contributed by atoms with Crippen LogP contribution in [0.25, 0.3) is 11.6 Å². The van der Waals surface area contributed by atoms with E-state index in [0.29, 0.717) is 28.0 Å². The molecule has 164 valence electrons. The van der Waals surface area contributed by atoms with Gasteiger partial charge in [0.2, 0.25) is 0 Å². The molecule has 0 amide bonds. The first kappa shape index (κ1) is 21.9. The predicted octanol–water partition coefficient (Wildman–Crippen LogP) is 7.43. The molecule has 0 fully saturated rings. The normalized spacial score (nSPS) is 12.8. The van der Waals surface area contributed by atoms with E-state index in [4.69, 9.17) is 4.74 Å². The first-order valence-corrected chi connectivity index (χ1v) is 10.4. The SMILES string of the molecule is C/C=C/CCc1ccc(OCc2cc(F)c(C3=Cc4cc(F)c(F)cc4C3)c(F)c2)cc1. The Morgan fingerprint density at radius 3 is 2.22 bits per heavy atom.